The molecule has 0 spiro atoms. The van der Waals surface area contributed by atoms with Crippen LogP contribution in [0.2, 0.25) is 0 Å². The van der Waals surface area contributed by atoms with Crippen LogP contribution in [0.3, 0.4) is 0 Å². The van der Waals surface area contributed by atoms with Gasteiger partial charge >= 0.3 is 0 Å². The number of aromatic nitrogens is 1. The third-order valence-corrected chi connectivity index (χ3v) is 2.55. The van der Waals surface area contributed by atoms with E-state index in [1.54, 1.807) is 0 Å². The summed E-state index contributed by atoms with van der Waals surface area (Å²) in [5, 5.41) is 0. The molecule has 72 valence electrons. The summed E-state index contributed by atoms with van der Waals surface area (Å²) < 4.78 is 0. The molecular formula is C11H18N2. The van der Waals surface area contributed by atoms with Gasteiger partial charge < -0.3 is 5.73 Å². The number of rotatable bonds is 3. The zero-order valence-electron chi connectivity index (χ0n) is 8.62. The Morgan fingerprint density at radius 2 is 2.00 bits per heavy atom. The van der Waals surface area contributed by atoms with Crippen LogP contribution in [0.5, 0.6) is 0 Å². The zero-order chi connectivity index (χ0) is 9.84. The molecule has 1 aromatic heterocycles. The molecule has 1 rings (SSSR count). The number of nitrogens with zero attached hydrogens (tertiary/aromatic N) is 1. The van der Waals surface area contributed by atoms with Gasteiger partial charge in [-0.15, -0.1) is 0 Å². The predicted octanol–water partition coefficient (Wildman–Crippen LogP) is 2.30. The maximum absolute atomic E-state index is 5.50. The maximum atomic E-state index is 5.50. The van der Waals surface area contributed by atoms with Gasteiger partial charge in [-0.3, -0.25) is 4.98 Å². The Bertz CT molecular complexity index is 251. The fourth-order valence-electron chi connectivity index (χ4n) is 1.17. The van der Waals surface area contributed by atoms with E-state index in [0.717, 1.165) is 11.3 Å². The standard InChI is InChI=1S/C11H18N2/c1-8(2)9(3)11-5-4-10(6-12)7-13-11/h4-5,7-9H,6,12H2,1-3H3. The fraction of sp³-hybridized carbons (Fsp3) is 0.545. The second-order valence-corrected chi connectivity index (χ2v) is 3.83. The SMILES string of the molecule is CC(C)C(C)c1ccc(CN)cn1. The topological polar surface area (TPSA) is 38.9 Å². The molecule has 0 saturated carbocycles. The van der Waals surface area contributed by atoms with Crippen LogP contribution in [0.15, 0.2) is 18.3 Å². The Morgan fingerprint density at radius 3 is 2.38 bits per heavy atom. The van der Waals surface area contributed by atoms with Crippen molar-refractivity contribution in [1.29, 1.82) is 0 Å². The minimum Gasteiger partial charge on any atom is -0.326 e. The summed E-state index contributed by atoms with van der Waals surface area (Å²) in [6.45, 7) is 7.20. The molecule has 1 aromatic rings. The molecule has 0 saturated heterocycles. The molecule has 0 fully saturated rings. The first kappa shape index (κ1) is 10.2. The van der Waals surface area contributed by atoms with Crippen molar-refractivity contribution < 1.29 is 0 Å². The van der Waals surface area contributed by atoms with Crippen LogP contribution in [0.1, 0.15) is 37.9 Å². The Balaban J connectivity index is 2.79. The first-order chi connectivity index (χ1) is 6.15. The second-order valence-electron chi connectivity index (χ2n) is 3.83. The van der Waals surface area contributed by atoms with Crippen LogP contribution in [-0.4, -0.2) is 4.98 Å². The van der Waals surface area contributed by atoms with Gasteiger partial charge in [0.25, 0.3) is 0 Å². The van der Waals surface area contributed by atoms with Crippen molar-refractivity contribution in [2.24, 2.45) is 11.7 Å². The third kappa shape index (κ3) is 2.52. The summed E-state index contributed by atoms with van der Waals surface area (Å²) >= 11 is 0. The van der Waals surface area contributed by atoms with E-state index in [2.05, 4.69) is 37.9 Å². The van der Waals surface area contributed by atoms with E-state index in [4.69, 9.17) is 5.73 Å². The lowest BCUT2D eigenvalue weighted by Crippen LogP contribution is -2.05. The Labute approximate surface area is 80.2 Å². The van der Waals surface area contributed by atoms with Crippen LogP contribution in [0.25, 0.3) is 0 Å². The molecule has 2 heteroatoms. The normalized spacial score (nSPS) is 13.3. The molecule has 1 unspecified atom stereocenters. The van der Waals surface area contributed by atoms with Crippen LogP contribution in [-0.2, 0) is 6.54 Å². The fourth-order valence-corrected chi connectivity index (χ4v) is 1.17. The van der Waals surface area contributed by atoms with Crippen molar-refractivity contribution in [2.75, 3.05) is 0 Å². The summed E-state index contributed by atoms with van der Waals surface area (Å²) in [5.41, 5.74) is 7.75. The smallest absolute Gasteiger partial charge is 0.0434 e. The molecule has 0 amide bonds. The molecule has 2 nitrogen and oxygen atoms in total. The molecule has 1 atom stereocenters. The summed E-state index contributed by atoms with van der Waals surface area (Å²) in [5.74, 6) is 1.16. The highest BCUT2D eigenvalue weighted by Gasteiger charge is 2.10. The highest BCUT2D eigenvalue weighted by Crippen LogP contribution is 2.21. The van der Waals surface area contributed by atoms with Crippen LogP contribution in [0, 0.1) is 5.92 Å². The predicted molar refractivity (Wildman–Crippen MR) is 55.4 cm³/mol. The maximum Gasteiger partial charge on any atom is 0.0434 e. The Hall–Kier alpha value is -0.890. The van der Waals surface area contributed by atoms with Gasteiger partial charge in [-0.25, -0.2) is 0 Å². The van der Waals surface area contributed by atoms with E-state index in [1.807, 2.05) is 6.20 Å². The lowest BCUT2D eigenvalue weighted by Gasteiger charge is -2.14. The Kier molecular flexibility index (Phi) is 3.43. The quantitative estimate of drug-likeness (QED) is 0.771. The molecule has 0 aliphatic rings. The summed E-state index contributed by atoms with van der Waals surface area (Å²) in [6, 6.07) is 4.13. The van der Waals surface area contributed by atoms with Gasteiger partial charge in [-0.2, -0.15) is 0 Å². The van der Waals surface area contributed by atoms with Crippen LogP contribution < -0.4 is 5.73 Å². The highest BCUT2D eigenvalue weighted by molar-refractivity contribution is 5.16. The van der Waals surface area contributed by atoms with Crippen molar-refractivity contribution in [3.8, 4) is 0 Å². The molecule has 0 aliphatic heterocycles. The lowest BCUT2D eigenvalue weighted by atomic mass is 9.94. The average Bonchev–Trinajstić information content (AvgIpc) is 2.17. The second kappa shape index (κ2) is 4.38. The minimum absolute atomic E-state index is 0.520. The lowest BCUT2D eigenvalue weighted by molar-refractivity contribution is 0.523. The number of hydrogen-bond acceptors (Lipinski definition) is 2. The molecule has 13 heavy (non-hydrogen) atoms. The summed E-state index contributed by atoms with van der Waals surface area (Å²) in [4.78, 5) is 4.39. The van der Waals surface area contributed by atoms with Gasteiger partial charge in [0.2, 0.25) is 0 Å². The van der Waals surface area contributed by atoms with Crippen molar-refractivity contribution in [3.05, 3.63) is 29.6 Å². The summed E-state index contributed by atoms with van der Waals surface area (Å²) in [7, 11) is 0. The Morgan fingerprint density at radius 1 is 1.31 bits per heavy atom. The average molecular weight is 178 g/mol. The van der Waals surface area contributed by atoms with Gasteiger partial charge in [0.05, 0.1) is 0 Å². The van der Waals surface area contributed by atoms with Crippen molar-refractivity contribution >= 4 is 0 Å². The monoisotopic (exact) mass is 178 g/mol. The van der Waals surface area contributed by atoms with E-state index < -0.39 is 0 Å². The van der Waals surface area contributed by atoms with Crippen LogP contribution in [0.4, 0.5) is 0 Å². The molecule has 0 aliphatic carbocycles. The van der Waals surface area contributed by atoms with Crippen molar-refractivity contribution in [3.63, 3.8) is 0 Å². The molecule has 0 aromatic carbocycles. The molecular weight excluding hydrogens is 160 g/mol. The van der Waals surface area contributed by atoms with Crippen molar-refractivity contribution in [1.82, 2.24) is 4.98 Å². The minimum atomic E-state index is 0.520. The largest absolute Gasteiger partial charge is 0.326 e. The van der Waals surface area contributed by atoms with Crippen molar-refractivity contribution in [2.45, 2.75) is 33.2 Å². The molecule has 0 radical (unpaired) electrons. The van der Waals surface area contributed by atoms with E-state index >= 15 is 0 Å². The molecule has 2 N–H and O–H groups in total. The molecule has 0 bridgehead atoms. The highest BCUT2D eigenvalue weighted by atomic mass is 14.7. The number of hydrogen-bond donors (Lipinski definition) is 1. The number of nitrogens with two attached hydrogens (primary N) is 1. The van der Waals surface area contributed by atoms with E-state index in [9.17, 15) is 0 Å². The summed E-state index contributed by atoms with van der Waals surface area (Å²) in [6.07, 6.45) is 1.87. The van der Waals surface area contributed by atoms with E-state index in [0.29, 0.717) is 18.4 Å². The van der Waals surface area contributed by atoms with Gasteiger partial charge in [-0.1, -0.05) is 26.8 Å². The zero-order valence-corrected chi connectivity index (χ0v) is 8.62. The van der Waals surface area contributed by atoms with Gasteiger partial charge in [0.15, 0.2) is 0 Å². The third-order valence-electron chi connectivity index (χ3n) is 2.55. The van der Waals surface area contributed by atoms with Gasteiger partial charge in [0.1, 0.15) is 0 Å². The first-order valence-corrected chi connectivity index (χ1v) is 4.80. The van der Waals surface area contributed by atoms with Crippen LogP contribution >= 0.6 is 0 Å². The number of pyridine rings is 1. The van der Waals surface area contributed by atoms with Gasteiger partial charge in [0, 0.05) is 24.4 Å². The van der Waals surface area contributed by atoms with Gasteiger partial charge in [-0.05, 0) is 17.5 Å². The van der Waals surface area contributed by atoms with E-state index in [-0.39, 0.29) is 0 Å². The van der Waals surface area contributed by atoms with E-state index in [1.165, 1.54) is 0 Å². The molecule has 1 heterocycles. The first-order valence-electron chi connectivity index (χ1n) is 4.80.